The molecule has 94 valence electrons. The first-order valence-corrected chi connectivity index (χ1v) is 5.90. The molecule has 4 heteroatoms. The Kier molecular flexibility index (Phi) is 3.46. The summed E-state index contributed by atoms with van der Waals surface area (Å²) >= 11 is 0. The highest BCUT2D eigenvalue weighted by Gasteiger charge is 2.08. The molecular weight excluding hydrogens is 228 g/mol. The Bertz CT molecular complexity index is 617. The average Bonchev–Trinajstić information content (AvgIpc) is 2.38. The van der Waals surface area contributed by atoms with Crippen molar-refractivity contribution in [3.05, 3.63) is 45.9 Å². The average molecular weight is 244 g/mol. The first-order valence-electron chi connectivity index (χ1n) is 5.90. The lowest BCUT2D eigenvalue weighted by Gasteiger charge is -2.07. The summed E-state index contributed by atoms with van der Waals surface area (Å²) in [4.78, 5) is 19.1. The van der Waals surface area contributed by atoms with Crippen molar-refractivity contribution in [1.29, 1.82) is 0 Å². The number of nitrogens with one attached hydrogen (secondary N) is 1. The van der Waals surface area contributed by atoms with E-state index in [0.717, 1.165) is 22.6 Å². The maximum Gasteiger partial charge on any atom is 0.254 e. The van der Waals surface area contributed by atoms with Crippen molar-refractivity contribution >= 4 is 0 Å². The number of hydrogen-bond donors (Lipinski definition) is 1. The molecule has 0 saturated heterocycles. The van der Waals surface area contributed by atoms with Gasteiger partial charge in [0.25, 0.3) is 5.56 Å². The van der Waals surface area contributed by atoms with Crippen molar-refractivity contribution in [3.8, 4) is 17.1 Å². The van der Waals surface area contributed by atoms with Crippen LogP contribution in [-0.4, -0.2) is 17.1 Å². The summed E-state index contributed by atoms with van der Waals surface area (Å²) in [7, 11) is 1.61. The first-order chi connectivity index (χ1) is 8.65. The Hall–Kier alpha value is -2.10. The molecule has 18 heavy (non-hydrogen) atoms. The van der Waals surface area contributed by atoms with E-state index < -0.39 is 0 Å². The number of aromatic amines is 1. The maximum absolute atomic E-state index is 11.9. The minimum atomic E-state index is -0.0668. The van der Waals surface area contributed by atoms with E-state index in [1.807, 2.05) is 38.1 Å². The quantitative estimate of drug-likeness (QED) is 0.901. The Morgan fingerprint density at radius 3 is 2.78 bits per heavy atom. The normalized spacial score (nSPS) is 10.4. The Balaban J connectivity index is 2.54. The summed E-state index contributed by atoms with van der Waals surface area (Å²) in [5, 5.41) is 0. The lowest BCUT2D eigenvalue weighted by atomic mass is 10.1. The predicted octanol–water partition coefficient (Wildman–Crippen LogP) is 2.32. The van der Waals surface area contributed by atoms with Gasteiger partial charge in [0, 0.05) is 16.8 Å². The lowest BCUT2D eigenvalue weighted by molar-refractivity contribution is 0.415. The van der Waals surface area contributed by atoms with Crippen LogP contribution in [0.3, 0.4) is 0 Å². The largest absolute Gasteiger partial charge is 0.497 e. The van der Waals surface area contributed by atoms with Crippen molar-refractivity contribution in [2.24, 2.45) is 0 Å². The number of aryl methyl sites for hydroxylation is 1. The van der Waals surface area contributed by atoms with Crippen LogP contribution in [0.5, 0.6) is 5.75 Å². The third-order valence-electron chi connectivity index (χ3n) is 2.92. The molecule has 0 fully saturated rings. The molecule has 0 spiro atoms. The molecule has 0 radical (unpaired) electrons. The molecule has 0 amide bonds. The van der Waals surface area contributed by atoms with Crippen molar-refractivity contribution in [3.63, 3.8) is 0 Å². The van der Waals surface area contributed by atoms with Crippen molar-refractivity contribution < 1.29 is 4.74 Å². The predicted molar refractivity (Wildman–Crippen MR) is 71.0 cm³/mol. The second-order valence-electron chi connectivity index (χ2n) is 4.06. The Morgan fingerprint density at radius 1 is 1.39 bits per heavy atom. The van der Waals surface area contributed by atoms with E-state index >= 15 is 0 Å². The number of H-pyrrole nitrogens is 1. The minimum absolute atomic E-state index is 0.0668. The summed E-state index contributed by atoms with van der Waals surface area (Å²) < 4.78 is 5.16. The molecule has 2 rings (SSSR count). The number of methoxy groups -OCH3 is 1. The molecule has 4 nitrogen and oxygen atoms in total. The van der Waals surface area contributed by atoms with E-state index in [1.165, 1.54) is 0 Å². The number of ether oxygens (including phenoxy) is 1. The van der Waals surface area contributed by atoms with Crippen molar-refractivity contribution in [2.75, 3.05) is 7.11 Å². The van der Waals surface area contributed by atoms with Gasteiger partial charge in [0.2, 0.25) is 0 Å². The lowest BCUT2D eigenvalue weighted by Crippen LogP contribution is -2.16. The van der Waals surface area contributed by atoms with Gasteiger partial charge in [-0.2, -0.15) is 0 Å². The fraction of sp³-hybridized carbons (Fsp3) is 0.286. The van der Waals surface area contributed by atoms with Gasteiger partial charge in [0.15, 0.2) is 0 Å². The number of nitrogens with zero attached hydrogens (tertiary/aromatic N) is 1. The molecule has 1 heterocycles. The van der Waals surface area contributed by atoms with Gasteiger partial charge in [-0.15, -0.1) is 0 Å². The number of rotatable bonds is 3. The van der Waals surface area contributed by atoms with Gasteiger partial charge >= 0.3 is 0 Å². The van der Waals surface area contributed by atoms with Gasteiger partial charge in [-0.05, 0) is 25.5 Å². The third kappa shape index (κ3) is 2.27. The molecule has 0 aliphatic rings. The third-order valence-corrected chi connectivity index (χ3v) is 2.92. The molecule has 0 aliphatic heterocycles. The molecule has 1 aromatic heterocycles. The fourth-order valence-corrected chi connectivity index (χ4v) is 1.93. The molecule has 0 aliphatic carbocycles. The van der Waals surface area contributed by atoms with Gasteiger partial charge < -0.3 is 9.72 Å². The van der Waals surface area contributed by atoms with Gasteiger partial charge in [-0.1, -0.05) is 19.1 Å². The van der Waals surface area contributed by atoms with E-state index in [0.29, 0.717) is 12.2 Å². The van der Waals surface area contributed by atoms with Crippen molar-refractivity contribution in [2.45, 2.75) is 20.3 Å². The maximum atomic E-state index is 11.9. The fourth-order valence-electron chi connectivity index (χ4n) is 1.93. The van der Waals surface area contributed by atoms with Gasteiger partial charge in [-0.3, -0.25) is 4.79 Å². The van der Waals surface area contributed by atoms with Crippen LogP contribution in [0.1, 0.15) is 18.2 Å². The van der Waals surface area contributed by atoms with Crippen LogP contribution in [0, 0.1) is 6.92 Å². The van der Waals surface area contributed by atoms with Gasteiger partial charge in [-0.25, -0.2) is 4.98 Å². The Morgan fingerprint density at radius 2 is 2.17 bits per heavy atom. The van der Waals surface area contributed by atoms with Crippen LogP contribution in [0.25, 0.3) is 11.4 Å². The highest BCUT2D eigenvalue weighted by molar-refractivity contribution is 5.57. The van der Waals surface area contributed by atoms with Gasteiger partial charge in [0.1, 0.15) is 11.6 Å². The molecule has 1 N–H and O–H groups in total. The molecule has 0 unspecified atom stereocenters. The highest BCUT2D eigenvalue weighted by atomic mass is 16.5. The minimum Gasteiger partial charge on any atom is -0.497 e. The highest BCUT2D eigenvalue weighted by Crippen LogP contribution is 2.20. The molecular formula is C14H16N2O2. The van der Waals surface area contributed by atoms with Crippen LogP contribution in [0.2, 0.25) is 0 Å². The standard InChI is InChI=1S/C14H16N2O2/c1-4-12-9(2)15-13(16-14(12)17)10-6-5-7-11(8-10)18-3/h5-8H,4H2,1-3H3,(H,15,16,17). The molecule has 2 aromatic rings. The van der Waals surface area contributed by atoms with E-state index in [-0.39, 0.29) is 5.56 Å². The zero-order valence-corrected chi connectivity index (χ0v) is 10.8. The molecule has 0 atom stereocenters. The van der Waals surface area contributed by atoms with E-state index in [1.54, 1.807) is 7.11 Å². The van der Waals surface area contributed by atoms with Crippen LogP contribution in [0.15, 0.2) is 29.1 Å². The smallest absolute Gasteiger partial charge is 0.254 e. The van der Waals surface area contributed by atoms with Crippen LogP contribution < -0.4 is 10.3 Å². The first kappa shape index (κ1) is 12.4. The van der Waals surface area contributed by atoms with Crippen LogP contribution in [-0.2, 0) is 6.42 Å². The SMILES string of the molecule is CCc1c(C)nc(-c2cccc(OC)c2)[nH]c1=O. The topological polar surface area (TPSA) is 55.0 Å². The van der Waals surface area contributed by atoms with Gasteiger partial charge in [0.05, 0.1) is 7.11 Å². The summed E-state index contributed by atoms with van der Waals surface area (Å²) in [6.07, 6.45) is 0.687. The summed E-state index contributed by atoms with van der Waals surface area (Å²) in [6, 6.07) is 7.47. The Labute approximate surface area is 106 Å². The molecule has 1 aromatic carbocycles. The van der Waals surface area contributed by atoms with E-state index in [4.69, 9.17) is 4.74 Å². The number of aromatic nitrogens is 2. The van der Waals surface area contributed by atoms with E-state index in [9.17, 15) is 4.79 Å². The second kappa shape index (κ2) is 5.04. The van der Waals surface area contributed by atoms with Crippen molar-refractivity contribution in [1.82, 2.24) is 9.97 Å². The number of hydrogen-bond acceptors (Lipinski definition) is 3. The molecule has 0 bridgehead atoms. The summed E-state index contributed by atoms with van der Waals surface area (Å²) in [6.45, 7) is 3.81. The van der Waals surface area contributed by atoms with E-state index in [2.05, 4.69) is 9.97 Å². The van der Waals surface area contributed by atoms with Crippen LogP contribution in [0.4, 0.5) is 0 Å². The van der Waals surface area contributed by atoms with Crippen LogP contribution >= 0.6 is 0 Å². The molecule has 0 saturated carbocycles. The number of benzene rings is 1. The zero-order chi connectivity index (χ0) is 13.1. The second-order valence-corrected chi connectivity index (χ2v) is 4.06. The zero-order valence-electron chi connectivity index (χ0n) is 10.8. The summed E-state index contributed by atoms with van der Waals surface area (Å²) in [5.74, 6) is 1.32. The summed E-state index contributed by atoms with van der Waals surface area (Å²) in [5.41, 5.74) is 2.29. The monoisotopic (exact) mass is 244 g/mol.